The van der Waals surface area contributed by atoms with Gasteiger partial charge in [0, 0.05) is 32.7 Å². The largest absolute Gasteiger partial charge is 0.456 e. The zero-order valence-corrected chi connectivity index (χ0v) is 22.0. The summed E-state index contributed by atoms with van der Waals surface area (Å²) in [4.78, 5) is 14.5. The van der Waals surface area contributed by atoms with E-state index in [0.717, 1.165) is 48.9 Å². The van der Waals surface area contributed by atoms with Gasteiger partial charge in [-0.05, 0) is 53.2 Å². The molecule has 0 unspecified atom stereocenters. The maximum Gasteiger partial charge on any atom is 0.238 e. The normalized spacial score (nSPS) is 13.5. The Kier molecular flexibility index (Phi) is 3.90. The number of rotatable bonds is 3. The third kappa shape index (κ3) is 3.47. The number of hydrogen-bond acceptors (Lipinski definition) is 4. The van der Waals surface area contributed by atoms with Gasteiger partial charge in [0.2, 0.25) is 5.95 Å². The Balaban J connectivity index is 1.35. The maximum absolute atomic E-state index is 8.71. The molecule has 3 aromatic heterocycles. The van der Waals surface area contributed by atoms with Crippen LogP contribution in [-0.4, -0.2) is 19.5 Å². The van der Waals surface area contributed by atoms with Crippen molar-refractivity contribution < 1.29 is 11.3 Å². The molecule has 5 heteroatoms. The molecule has 0 N–H and O–H groups in total. The molecule has 0 atom stereocenters. The van der Waals surface area contributed by atoms with E-state index >= 15 is 0 Å². The Bertz CT molecular complexity index is 2690. The Labute approximate surface area is 247 Å². The third-order valence-electron chi connectivity index (χ3n) is 7.72. The first-order valence-electron chi connectivity index (χ1n) is 16.0. The molecule has 9 rings (SSSR count). The van der Waals surface area contributed by atoms with Crippen LogP contribution in [0.2, 0.25) is 0 Å². The molecule has 0 radical (unpaired) electrons. The van der Waals surface area contributed by atoms with Gasteiger partial charge in [-0.2, -0.15) is 9.97 Å². The lowest BCUT2D eigenvalue weighted by Gasteiger charge is -2.11. The summed E-state index contributed by atoms with van der Waals surface area (Å²) >= 11 is 0. The van der Waals surface area contributed by atoms with E-state index in [0.29, 0.717) is 11.1 Å². The van der Waals surface area contributed by atoms with Crippen LogP contribution in [0.3, 0.4) is 0 Å². The van der Waals surface area contributed by atoms with Crippen LogP contribution in [0.15, 0.2) is 138 Å². The molecule has 0 amide bonds. The highest BCUT2D eigenvalue weighted by Crippen LogP contribution is 2.36. The minimum atomic E-state index is -0.481. The molecular weight excluding hydrogens is 516 g/mol. The van der Waals surface area contributed by atoms with E-state index in [1.807, 2.05) is 89.5 Å². The third-order valence-corrected chi connectivity index (χ3v) is 7.72. The summed E-state index contributed by atoms with van der Waals surface area (Å²) in [6, 6.07) is 31.7. The van der Waals surface area contributed by atoms with Crippen molar-refractivity contribution in [1.29, 1.82) is 0 Å². The zero-order valence-electron chi connectivity index (χ0n) is 27.0. The summed E-state index contributed by atoms with van der Waals surface area (Å²) in [5, 5.41) is 6.01. The second-order valence-corrected chi connectivity index (χ2v) is 10.2. The van der Waals surface area contributed by atoms with Crippen molar-refractivity contribution in [1.82, 2.24) is 19.5 Å². The van der Waals surface area contributed by atoms with Crippen molar-refractivity contribution in [3.63, 3.8) is 0 Å². The second kappa shape index (κ2) is 8.85. The highest BCUT2D eigenvalue weighted by atomic mass is 16.3. The van der Waals surface area contributed by atoms with Crippen LogP contribution in [0, 0.1) is 0 Å². The van der Waals surface area contributed by atoms with Gasteiger partial charge < -0.3 is 4.42 Å². The molecule has 0 aliphatic carbocycles. The van der Waals surface area contributed by atoms with Crippen LogP contribution < -0.4 is 0 Å². The Hall–Kier alpha value is -5.81. The molecule has 5 nitrogen and oxygen atoms in total. The van der Waals surface area contributed by atoms with Crippen molar-refractivity contribution >= 4 is 54.5 Å². The molecule has 0 aliphatic heterocycles. The topological polar surface area (TPSA) is 56.7 Å². The summed E-state index contributed by atoms with van der Waals surface area (Å²) in [6.07, 6.45) is 0. The van der Waals surface area contributed by atoms with Gasteiger partial charge in [0.15, 0.2) is 11.6 Å². The first-order valence-corrected chi connectivity index (χ1v) is 13.5. The van der Waals surface area contributed by atoms with Gasteiger partial charge >= 0.3 is 0 Å². The predicted molar refractivity (Wildman–Crippen MR) is 170 cm³/mol. The molecule has 0 aliphatic rings. The molecule has 196 valence electrons. The van der Waals surface area contributed by atoms with Crippen LogP contribution in [0.5, 0.6) is 0 Å². The number of nitrogens with zero attached hydrogens (tertiary/aromatic N) is 4. The molecular formula is C37H22N4O. The quantitative estimate of drug-likeness (QED) is 0.223. The van der Waals surface area contributed by atoms with Crippen molar-refractivity contribution in [2.24, 2.45) is 0 Å². The van der Waals surface area contributed by atoms with Crippen LogP contribution in [0.1, 0.15) is 6.85 Å². The van der Waals surface area contributed by atoms with Crippen molar-refractivity contribution in [3.8, 4) is 28.7 Å². The van der Waals surface area contributed by atoms with Crippen LogP contribution in [-0.2, 0) is 0 Å². The maximum atomic E-state index is 8.71. The lowest BCUT2D eigenvalue weighted by Crippen LogP contribution is -2.06. The highest BCUT2D eigenvalue weighted by Gasteiger charge is 2.18. The predicted octanol–water partition coefficient (Wildman–Crippen LogP) is 9.36. The first kappa shape index (κ1) is 18.5. The molecule has 42 heavy (non-hydrogen) atoms. The number of aromatic nitrogens is 4. The number of furan rings is 1. The van der Waals surface area contributed by atoms with Crippen molar-refractivity contribution in [3.05, 3.63) is 133 Å². The van der Waals surface area contributed by atoms with Crippen LogP contribution >= 0.6 is 0 Å². The average Bonchev–Trinajstić information content (AvgIpc) is 3.63. The minimum Gasteiger partial charge on any atom is -0.456 e. The fourth-order valence-electron chi connectivity index (χ4n) is 5.81. The van der Waals surface area contributed by atoms with Gasteiger partial charge in [-0.3, -0.25) is 4.57 Å². The Morgan fingerprint density at radius 2 is 1.14 bits per heavy atom. The van der Waals surface area contributed by atoms with E-state index < -0.39 is 18.1 Å². The summed E-state index contributed by atoms with van der Waals surface area (Å²) < 4.78 is 50.3. The monoisotopic (exact) mass is 543 g/mol. The fourth-order valence-corrected chi connectivity index (χ4v) is 5.81. The zero-order chi connectivity index (χ0) is 32.0. The van der Waals surface area contributed by atoms with Gasteiger partial charge in [0.1, 0.15) is 11.2 Å². The van der Waals surface area contributed by atoms with Gasteiger partial charge in [0.05, 0.1) is 17.9 Å². The van der Waals surface area contributed by atoms with Gasteiger partial charge in [-0.1, -0.05) is 90.9 Å². The van der Waals surface area contributed by atoms with Gasteiger partial charge in [-0.25, -0.2) is 4.98 Å². The van der Waals surface area contributed by atoms with E-state index in [-0.39, 0.29) is 35.2 Å². The van der Waals surface area contributed by atoms with E-state index in [9.17, 15) is 0 Å². The number of fused-ring (bicyclic) bond motifs is 7. The van der Waals surface area contributed by atoms with Gasteiger partial charge in [0.25, 0.3) is 0 Å². The molecule has 9 aromatic rings. The molecule has 6 aromatic carbocycles. The standard InChI is InChI=1S/C37H22N4O/c1-2-10-23(11-3-1)35-38-36(40-37(39-35)41-31-16-8-6-14-27(31)28-15-7-9-17-32(28)41)26-18-19-33-29(21-26)30-20-24-12-4-5-13-25(24)22-34(30)42-33/h1-22H/i1D,2D,3D,10D,11D. The molecule has 0 bridgehead atoms. The summed E-state index contributed by atoms with van der Waals surface area (Å²) in [5.41, 5.74) is 3.76. The first-order chi connectivity index (χ1) is 22.9. The highest BCUT2D eigenvalue weighted by molar-refractivity contribution is 6.11. The minimum absolute atomic E-state index is 0.0213. The van der Waals surface area contributed by atoms with Crippen LogP contribution in [0.4, 0.5) is 0 Å². The summed E-state index contributed by atoms with van der Waals surface area (Å²) in [6.45, 7) is 0. The SMILES string of the molecule is [2H]c1c([2H])c([2H])c(-c2nc(-c3ccc4oc5cc6ccccc6cc5c4c3)nc(-n3c4ccccc4c4ccccc43)n2)c([2H])c1[2H]. The fraction of sp³-hybridized carbons (Fsp3) is 0. The molecule has 0 saturated carbocycles. The smallest absolute Gasteiger partial charge is 0.238 e. The molecule has 3 heterocycles. The number of para-hydroxylation sites is 2. The van der Waals surface area contributed by atoms with Crippen LogP contribution in [0.25, 0.3) is 83.2 Å². The molecule has 0 fully saturated rings. The lowest BCUT2D eigenvalue weighted by molar-refractivity contribution is 0.669. The van der Waals surface area contributed by atoms with E-state index in [1.54, 1.807) is 0 Å². The average molecular weight is 544 g/mol. The summed E-state index contributed by atoms with van der Waals surface area (Å²) in [5.74, 6) is 0.528. The number of hydrogen-bond donors (Lipinski definition) is 0. The van der Waals surface area contributed by atoms with Crippen molar-refractivity contribution in [2.45, 2.75) is 0 Å². The molecule has 0 spiro atoms. The van der Waals surface area contributed by atoms with E-state index in [2.05, 4.69) is 18.2 Å². The Morgan fingerprint density at radius 3 is 1.88 bits per heavy atom. The van der Waals surface area contributed by atoms with Crippen molar-refractivity contribution in [2.75, 3.05) is 0 Å². The van der Waals surface area contributed by atoms with E-state index in [4.69, 9.17) is 26.2 Å². The second-order valence-electron chi connectivity index (χ2n) is 10.2. The lowest BCUT2D eigenvalue weighted by atomic mass is 10.0. The number of benzene rings is 6. The van der Waals surface area contributed by atoms with E-state index in [1.165, 1.54) is 0 Å². The summed E-state index contributed by atoms with van der Waals surface area (Å²) in [7, 11) is 0. The van der Waals surface area contributed by atoms with Gasteiger partial charge in [-0.15, -0.1) is 0 Å². The Morgan fingerprint density at radius 1 is 0.524 bits per heavy atom. The molecule has 0 saturated heterocycles.